The zero-order chi connectivity index (χ0) is 17.6. The number of piperazine rings is 1. The van der Waals surface area contributed by atoms with Gasteiger partial charge in [0, 0.05) is 48.8 Å². The lowest BCUT2D eigenvalue weighted by Gasteiger charge is -2.36. The summed E-state index contributed by atoms with van der Waals surface area (Å²) in [6.07, 6.45) is 6.86. The molecule has 3 rings (SSSR count). The van der Waals surface area contributed by atoms with Crippen LogP contribution in [0.3, 0.4) is 0 Å². The minimum atomic E-state index is -2.07. The number of pyridine rings is 1. The van der Waals surface area contributed by atoms with Crippen molar-refractivity contribution in [1.29, 1.82) is 0 Å². The normalized spacial score (nSPS) is 17.1. The van der Waals surface area contributed by atoms with Crippen LogP contribution in [-0.2, 0) is 11.1 Å². The van der Waals surface area contributed by atoms with Crippen molar-refractivity contribution in [2.75, 3.05) is 37.6 Å². The van der Waals surface area contributed by atoms with E-state index >= 15 is 0 Å². The fourth-order valence-electron chi connectivity index (χ4n) is 3.55. The number of hydrogen-bond acceptors (Lipinski definition) is 4. The van der Waals surface area contributed by atoms with Gasteiger partial charge in [-0.25, -0.2) is 9.19 Å². The Morgan fingerprint density at radius 3 is 2.60 bits per heavy atom. The smallest absolute Gasteiger partial charge is 0.206 e. The van der Waals surface area contributed by atoms with E-state index in [2.05, 4.69) is 27.8 Å². The molecule has 0 spiro atoms. The van der Waals surface area contributed by atoms with Crippen molar-refractivity contribution in [2.45, 2.75) is 37.6 Å². The molecule has 2 aromatic rings. The first-order chi connectivity index (χ1) is 12.2. The monoisotopic (exact) mass is 361 g/mol. The van der Waals surface area contributed by atoms with E-state index in [9.17, 15) is 8.76 Å². The third-order valence-corrected chi connectivity index (χ3v) is 5.61. The summed E-state index contributed by atoms with van der Waals surface area (Å²) in [6, 6.07) is 7.87. The minimum absolute atomic E-state index is 0.244. The van der Waals surface area contributed by atoms with Crippen molar-refractivity contribution < 1.29 is 8.76 Å². The molecule has 25 heavy (non-hydrogen) atoms. The van der Waals surface area contributed by atoms with Crippen LogP contribution in [0.2, 0.25) is 0 Å². The molecule has 0 saturated carbocycles. The molecule has 5 nitrogen and oxygen atoms in total. The summed E-state index contributed by atoms with van der Waals surface area (Å²) in [5, 5.41) is 2.02. The van der Waals surface area contributed by atoms with Gasteiger partial charge in [-0.15, -0.1) is 0 Å². The van der Waals surface area contributed by atoms with E-state index in [0.717, 1.165) is 42.6 Å². The van der Waals surface area contributed by atoms with Gasteiger partial charge in [-0.1, -0.05) is 38.3 Å². The summed E-state index contributed by atoms with van der Waals surface area (Å²) in [6.45, 7) is 7.58. The highest BCUT2D eigenvalue weighted by Gasteiger charge is 2.19. The lowest BCUT2D eigenvalue weighted by atomic mass is 10.1. The number of hydrogen-bond donors (Lipinski definition) is 1. The second-order valence-corrected chi connectivity index (χ2v) is 7.51. The van der Waals surface area contributed by atoms with Gasteiger partial charge in [0.15, 0.2) is 5.03 Å². The van der Waals surface area contributed by atoms with E-state index in [1.807, 2.05) is 18.2 Å². The van der Waals surface area contributed by atoms with Crippen LogP contribution in [0.25, 0.3) is 10.8 Å². The van der Waals surface area contributed by atoms with E-state index < -0.39 is 11.1 Å². The Hall–Kier alpha value is -1.50. The number of nitrogens with zero attached hydrogens (tertiary/aromatic N) is 3. The standard InChI is InChI=1S/C19H27N3O2S/c1-2-3-4-5-11-21-12-14-22(15-13-21)18-8-6-7-17-16(18)9-10-20-19(17)25(23)24/h6-10H,2-5,11-15H2,1H3,(H,23,24). The number of benzene rings is 1. The summed E-state index contributed by atoms with van der Waals surface area (Å²) in [7, 11) is 0. The molecule has 1 unspecified atom stereocenters. The summed E-state index contributed by atoms with van der Waals surface area (Å²) < 4.78 is 21.0. The Morgan fingerprint density at radius 2 is 1.88 bits per heavy atom. The first-order valence-electron chi connectivity index (χ1n) is 9.16. The Bertz CT molecular complexity index is 730. The van der Waals surface area contributed by atoms with Crippen molar-refractivity contribution in [3.63, 3.8) is 0 Å². The number of anilines is 1. The molecule has 0 radical (unpaired) electrons. The minimum Gasteiger partial charge on any atom is -0.368 e. The quantitative estimate of drug-likeness (QED) is 0.604. The highest BCUT2D eigenvalue weighted by molar-refractivity contribution is 7.79. The first-order valence-corrected chi connectivity index (χ1v) is 10.3. The van der Waals surface area contributed by atoms with Gasteiger partial charge in [-0.05, 0) is 25.1 Å². The molecule has 136 valence electrons. The van der Waals surface area contributed by atoms with Crippen LogP contribution in [0.1, 0.15) is 32.6 Å². The second-order valence-electron chi connectivity index (χ2n) is 6.63. The van der Waals surface area contributed by atoms with Crippen molar-refractivity contribution in [1.82, 2.24) is 9.88 Å². The average Bonchev–Trinajstić information content (AvgIpc) is 2.65. The molecule has 1 aliphatic heterocycles. The van der Waals surface area contributed by atoms with E-state index in [4.69, 9.17) is 0 Å². The summed E-state index contributed by atoms with van der Waals surface area (Å²) in [5.74, 6) is 0. The lowest BCUT2D eigenvalue weighted by Crippen LogP contribution is -2.46. The van der Waals surface area contributed by atoms with Gasteiger partial charge in [0.05, 0.1) is 0 Å². The van der Waals surface area contributed by atoms with Crippen molar-refractivity contribution in [3.8, 4) is 0 Å². The molecule has 1 saturated heterocycles. The highest BCUT2D eigenvalue weighted by Crippen LogP contribution is 2.29. The maximum Gasteiger partial charge on any atom is 0.206 e. The van der Waals surface area contributed by atoms with Crippen molar-refractivity contribution in [2.24, 2.45) is 0 Å². The maximum atomic E-state index is 11.5. The molecule has 1 aromatic heterocycles. The molecule has 1 N–H and O–H groups in total. The van der Waals surface area contributed by atoms with E-state index in [-0.39, 0.29) is 5.03 Å². The molecular weight excluding hydrogens is 334 g/mol. The van der Waals surface area contributed by atoms with Crippen LogP contribution >= 0.6 is 0 Å². The summed E-state index contributed by atoms with van der Waals surface area (Å²) >= 11 is -2.07. The predicted molar refractivity (Wildman–Crippen MR) is 104 cm³/mol. The Labute approximate surface area is 152 Å². The van der Waals surface area contributed by atoms with Gasteiger partial charge in [-0.2, -0.15) is 0 Å². The van der Waals surface area contributed by atoms with Crippen molar-refractivity contribution in [3.05, 3.63) is 30.5 Å². The maximum absolute atomic E-state index is 11.5. The zero-order valence-electron chi connectivity index (χ0n) is 14.9. The Morgan fingerprint density at radius 1 is 1.08 bits per heavy atom. The molecule has 1 aromatic carbocycles. The number of fused-ring (bicyclic) bond motifs is 1. The molecule has 1 fully saturated rings. The van der Waals surface area contributed by atoms with Gasteiger partial charge >= 0.3 is 0 Å². The third-order valence-electron chi connectivity index (χ3n) is 4.95. The topological polar surface area (TPSA) is 56.7 Å². The van der Waals surface area contributed by atoms with Gasteiger partial charge < -0.3 is 9.45 Å². The fraction of sp³-hybridized carbons (Fsp3) is 0.526. The number of aromatic nitrogens is 1. The molecule has 6 heteroatoms. The fourth-order valence-corrected chi connectivity index (χ4v) is 4.07. The average molecular weight is 362 g/mol. The molecule has 0 bridgehead atoms. The highest BCUT2D eigenvalue weighted by atomic mass is 32.2. The molecule has 1 aliphatic rings. The van der Waals surface area contributed by atoms with Crippen LogP contribution < -0.4 is 4.90 Å². The number of rotatable bonds is 7. The SMILES string of the molecule is CCCCCCN1CCN(c2cccc3c(S(=O)O)nccc23)CC1. The molecule has 2 heterocycles. The van der Waals surface area contributed by atoms with Crippen LogP contribution in [0.5, 0.6) is 0 Å². The lowest BCUT2D eigenvalue weighted by molar-refractivity contribution is 0.252. The molecule has 1 atom stereocenters. The Kier molecular flexibility index (Phi) is 6.39. The first kappa shape index (κ1) is 18.3. The van der Waals surface area contributed by atoms with E-state index in [0.29, 0.717) is 0 Å². The van der Waals surface area contributed by atoms with Crippen LogP contribution in [0.15, 0.2) is 35.5 Å². The van der Waals surface area contributed by atoms with Gasteiger partial charge in [-0.3, -0.25) is 4.90 Å². The second kappa shape index (κ2) is 8.74. The largest absolute Gasteiger partial charge is 0.368 e. The Balaban J connectivity index is 1.69. The van der Waals surface area contributed by atoms with E-state index in [1.54, 1.807) is 6.20 Å². The molecular formula is C19H27N3O2S. The number of unbranched alkanes of at least 4 members (excludes halogenated alkanes) is 3. The van der Waals surface area contributed by atoms with Crippen LogP contribution in [0.4, 0.5) is 5.69 Å². The molecule has 0 amide bonds. The van der Waals surface area contributed by atoms with Crippen LogP contribution in [-0.4, -0.2) is 51.4 Å². The van der Waals surface area contributed by atoms with Crippen molar-refractivity contribution >= 4 is 27.5 Å². The zero-order valence-corrected chi connectivity index (χ0v) is 15.7. The summed E-state index contributed by atoms with van der Waals surface area (Å²) in [4.78, 5) is 9.01. The summed E-state index contributed by atoms with van der Waals surface area (Å²) in [5.41, 5.74) is 1.14. The van der Waals surface area contributed by atoms with Gasteiger partial charge in [0.2, 0.25) is 11.1 Å². The molecule has 0 aliphatic carbocycles. The van der Waals surface area contributed by atoms with Gasteiger partial charge in [0.25, 0.3) is 0 Å². The van der Waals surface area contributed by atoms with E-state index in [1.165, 1.54) is 32.2 Å². The third kappa shape index (κ3) is 4.37. The predicted octanol–water partition coefficient (Wildman–Crippen LogP) is 3.52. The van der Waals surface area contributed by atoms with Gasteiger partial charge in [0.1, 0.15) is 0 Å². The van der Waals surface area contributed by atoms with Crippen LogP contribution in [0, 0.1) is 0 Å².